The number of aliphatic hydroxyl groups excluding tert-OH is 1. The Labute approximate surface area is 119 Å². The van der Waals surface area contributed by atoms with Crippen LogP contribution < -0.4 is 0 Å². The molecule has 2 aromatic rings. The van der Waals surface area contributed by atoms with Gasteiger partial charge < -0.3 is 5.11 Å². The largest absolute Gasteiger partial charge is 0.388 e. The molecule has 0 aliphatic carbocycles. The zero-order valence-corrected chi connectivity index (χ0v) is 12.1. The maximum Gasteiger partial charge on any atom is 0.0830 e. The van der Waals surface area contributed by atoms with E-state index in [0.29, 0.717) is 11.4 Å². The third kappa shape index (κ3) is 3.59. The Kier molecular flexibility index (Phi) is 4.62. The quantitative estimate of drug-likeness (QED) is 0.871. The molecule has 1 nitrogen and oxygen atoms in total. The molecule has 0 aromatic heterocycles. The Bertz CT molecular complexity index is 546. The van der Waals surface area contributed by atoms with Crippen LogP contribution in [0.15, 0.2) is 42.5 Å². The van der Waals surface area contributed by atoms with Crippen LogP contribution in [0, 0.1) is 6.92 Å². The van der Waals surface area contributed by atoms with Crippen LogP contribution in [-0.4, -0.2) is 5.11 Å². The minimum absolute atomic E-state index is 0.509. The highest BCUT2D eigenvalue weighted by atomic mass is 35.5. The maximum absolute atomic E-state index is 10.3. The lowest BCUT2D eigenvalue weighted by atomic mass is 9.99. The van der Waals surface area contributed by atoms with E-state index in [2.05, 4.69) is 31.2 Å². The van der Waals surface area contributed by atoms with Gasteiger partial charge in [0.1, 0.15) is 0 Å². The van der Waals surface area contributed by atoms with Crippen LogP contribution in [0.2, 0.25) is 5.02 Å². The molecule has 0 aliphatic heterocycles. The van der Waals surface area contributed by atoms with Crippen LogP contribution in [0.25, 0.3) is 0 Å². The van der Waals surface area contributed by atoms with E-state index in [1.807, 2.05) is 25.1 Å². The summed E-state index contributed by atoms with van der Waals surface area (Å²) in [5.41, 5.74) is 4.36. The van der Waals surface area contributed by atoms with Crippen LogP contribution in [0.4, 0.5) is 0 Å². The van der Waals surface area contributed by atoms with Crippen molar-refractivity contribution in [1.29, 1.82) is 0 Å². The standard InChI is InChI=1S/C17H19ClO/c1-3-13-5-7-14(8-6-13)10-17(19)15-9-4-12(2)16(18)11-15/h4-9,11,17,19H,3,10H2,1-2H3. The molecule has 0 spiro atoms. The number of hydrogen-bond acceptors (Lipinski definition) is 1. The lowest BCUT2D eigenvalue weighted by Crippen LogP contribution is -2.02. The Hall–Kier alpha value is -1.31. The van der Waals surface area contributed by atoms with Gasteiger partial charge in [-0.2, -0.15) is 0 Å². The van der Waals surface area contributed by atoms with Crippen molar-refractivity contribution in [2.75, 3.05) is 0 Å². The predicted octanol–water partition coefficient (Wildman–Crippen LogP) is 4.49. The van der Waals surface area contributed by atoms with Crippen LogP contribution in [0.5, 0.6) is 0 Å². The Morgan fingerprint density at radius 3 is 2.26 bits per heavy atom. The minimum atomic E-state index is -0.509. The number of halogens is 1. The number of aryl methyl sites for hydroxylation is 2. The highest BCUT2D eigenvalue weighted by Crippen LogP contribution is 2.24. The molecule has 19 heavy (non-hydrogen) atoms. The molecular formula is C17H19ClO. The van der Waals surface area contributed by atoms with Crippen LogP contribution in [0.3, 0.4) is 0 Å². The SMILES string of the molecule is CCc1ccc(CC(O)c2ccc(C)c(Cl)c2)cc1. The van der Waals surface area contributed by atoms with Crippen molar-refractivity contribution < 1.29 is 5.11 Å². The number of aliphatic hydroxyl groups is 1. The Balaban J connectivity index is 2.10. The zero-order chi connectivity index (χ0) is 13.8. The number of benzene rings is 2. The molecule has 2 heteroatoms. The van der Waals surface area contributed by atoms with Gasteiger partial charge in [-0.05, 0) is 41.7 Å². The molecule has 2 aromatic carbocycles. The van der Waals surface area contributed by atoms with Crippen LogP contribution in [0.1, 0.15) is 35.3 Å². The van der Waals surface area contributed by atoms with E-state index < -0.39 is 6.10 Å². The molecule has 0 radical (unpaired) electrons. The average molecular weight is 275 g/mol. The first-order chi connectivity index (χ1) is 9.10. The third-order valence-electron chi connectivity index (χ3n) is 3.44. The average Bonchev–Trinajstić information content (AvgIpc) is 2.42. The fourth-order valence-corrected chi connectivity index (χ4v) is 2.26. The second kappa shape index (κ2) is 6.23. The highest BCUT2D eigenvalue weighted by Gasteiger charge is 2.10. The van der Waals surface area contributed by atoms with E-state index in [0.717, 1.165) is 23.1 Å². The van der Waals surface area contributed by atoms with E-state index in [1.54, 1.807) is 0 Å². The van der Waals surface area contributed by atoms with E-state index in [9.17, 15) is 5.11 Å². The van der Waals surface area contributed by atoms with Gasteiger partial charge in [0.25, 0.3) is 0 Å². The van der Waals surface area contributed by atoms with Gasteiger partial charge in [-0.3, -0.25) is 0 Å². The number of hydrogen-bond donors (Lipinski definition) is 1. The molecule has 0 saturated carbocycles. The molecule has 0 heterocycles. The van der Waals surface area contributed by atoms with E-state index in [4.69, 9.17) is 11.6 Å². The molecule has 1 unspecified atom stereocenters. The van der Waals surface area contributed by atoms with E-state index in [1.165, 1.54) is 5.56 Å². The van der Waals surface area contributed by atoms with E-state index >= 15 is 0 Å². The Morgan fingerprint density at radius 1 is 1.05 bits per heavy atom. The van der Waals surface area contributed by atoms with Gasteiger partial charge in [0.2, 0.25) is 0 Å². The molecule has 100 valence electrons. The van der Waals surface area contributed by atoms with Gasteiger partial charge in [0.05, 0.1) is 6.10 Å². The summed E-state index contributed by atoms with van der Waals surface area (Å²) in [5, 5.41) is 11.0. The second-order valence-corrected chi connectivity index (χ2v) is 5.31. The van der Waals surface area contributed by atoms with Crippen molar-refractivity contribution in [2.24, 2.45) is 0 Å². The summed E-state index contributed by atoms with van der Waals surface area (Å²) in [6.07, 6.45) is 1.14. The first-order valence-corrected chi connectivity index (χ1v) is 7.00. The predicted molar refractivity (Wildman–Crippen MR) is 80.7 cm³/mol. The summed E-state index contributed by atoms with van der Waals surface area (Å²) in [7, 11) is 0. The second-order valence-electron chi connectivity index (χ2n) is 4.90. The zero-order valence-electron chi connectivity index (χ0n) is 11.4. The molecule has 0 aliphatic rings. The first kappa shape index (κ1) is 14.1. The third-order valence-corrected chi connectivity index (χ3v) is 3.85. The lowest BCUT2D eigenvalue weighted by Gasteiger charge is -2.12. The minimum Gasteiger partial charge on any atom is -0.388 e. The summed E-state index contributed by atoms with van der Waals surface area (Å²) in [6, 6.07) is 14.1. The van der Waals surface area contributed by atoms with Gasteiger partial charge in [0.15, 0.2) is 0 Å². The van der Waals surface area contributed by atoms with Crippen LogP contribution >= 0.6 is 11.6 Å². The summed E-state index contributed by atoms with van der Waals surface area (Å²) in [5.74, 6) is 0. The monoisotopic (exact) mass is 274 g/mol. The maximum atomic E-state index is 10.3. The summed E-state index contributed by atoms with van der Waals surface area (Å²) >= 11 is 6.09. The summed E-state index contributed by atoms with van der Waals surface area (Å²) < 4.78 is 0. The van der Waals surface area contributed by atoms with E-state index in [-0.39, 0.29) is 0 Å². The van der Waals surface area contributed by atoms with Gasteiger partial charge >= 0.3 is 0 Å². The van der Waals surface area contributed by atoms with Crippen molar-refractivity contribution in [3.05, 3.63) is 69.7 Å². The van der Waals surface area contributed by atoms with Gasteiger partial charge in [0, 0.05) is 11.4 Å². The van der Waals surface area contributed by atoms with Crippen molar-refractivity contribution >= 4 is 11.6 Å². The summed E-state index contributed by atoms with van der Waals surface area (Å²) in [6.45, 7) is 4.10. The first-order valence-electron chi connectivity index (χ1n) is 6.62. The molecule has 1 N–H and O–H groups in total. The fourth-order valence-electron chi connectivity index (χ4n) is 2.07. The topological polar surface area (TPSA) is 20.2 Å². The van der Waals surface area contributed by atoms with Gasteiger partial charge in [-0.1, -0.05) is 54.9 Å². The molecule has 0 fully saturated rings. The number of rotatable bonds is 4. The molecule has 1 atom stereocenters. The molecular weight excluding hydrogens is 256 g/mol. The summed E-state index contributed by atoms with van der Waals surface area (Å²) in [4.78, 5) is 0. The van der Waals surface area contributed by atoms with Crippen molar-refractivity contribution in [3.63, 3.8) is 0 Å². The van der Waals surface area contributed by atoms with Crippen molar-refractivity contribution in [3.8, 4) is 0 Å². The van der Waals surface area contributed by atoms with Crippen molar-refractivity contribution in [2.45, 2.75) is 32.8 Å². The van der Waals surface area contributed by atoms with Crippen molar-refractivity contribution in [1.82, 2.24) is 0 Å². The molecule has 0 amide bonds. The highest BCUT2D eigenvalue weighted by molar-refractivity contribution is 6.31. The fraction of sp³-hybridized carbons (Fsp3) is 0.294. The molecule has 2 rings (SSSR count). The smallest absolute Gasteiger partial charge is 0.0830 e. The van der Waals surface area contributed by atoms with Crippen LogP contribution in [-0.2, 0) is 12.8 Å². The normalized spacial score (nSPS) is 12.4. The molecule has 0 saturated heterocycles. The van der Waals surface area contributed by atoms with Gasteiger partial charge in [-0.25, -0.2) is 0 Å². The lowest BCUT2D eigenvalue weighted by molar-refractivity contribution is 0.178. The van der Waals surface area contributed by atoms with Gasteiger partial charge in [-0.15, -0.1) is 0 Å². The Morgan fingerprint density at radius 2 is 1.68 bits per heavy atom. The molecule has 0 bridgehead atoms.